The van der Waals surface area contributed by atoms with Crippen molar-refractivity contribution in [1.82, 2.24) is 15.0 Å². The topological polar surface area (TPSA) is 93.4 Å². The second-order valence-electron chi connectivity index (χ2n) is 7.99. The van der Waals surface area contributed by atoms with Gasteiger partial charge < -0.3 is 9.42 Å². The average molecular weight is 391 g/mol. The smallest absolute Gasteiger partial charge is 0.253 e. The number of hydrogen-bond donors (Lipinski definition) is 0. The first-order valence-electron chi connectivity index (χ1n) is 9.06. The third kappa shape index (κ3) is 4.94. The number of nitrogens with zero attached hydrogens (tertiary/aromatic N) is 3. The number of amides is 1. The molecule has 0 radical (unpaired) electrons. The molecule has 1 aromatic carbocycles. The molecule has 0 saturated carbocycles. The van der Waals surface area contributed by atoms with E-state index in [0.29, 0.717) is 17.0 Å². The number of hydrogen-bond acceptors (Lipinski definition) is 6. The van der Waals surface area contributed by atoms with Gasteiger partial charge in [-0.05, 0) is 30.5 Å². The lowest BCUT2D eigenvalue weighted by atomic mass is 9.97. The van der Waals surface area contributed by atoms with Crippen molar-refractivity contribution in [3.63, 3.8) is 0 Å². The zero-order valence-electron chi connectivity index (χ0n) is 15.9. The second-order valence-corrected chi connectivity index (χ2v) is 10.1. The van der Waals surface area contributed by atoms with Crippen molar-refractivity contribution in [2.45, 2.75) is 50.5 Å². The number of rotatable bonds is 5. The molecule has 0 unspecified atom stereocenters. The maximum absolute atomic E-state index is 12.5. The maximum atomic E-state index is 12.5. The number of sulfone groups is 1. The molecule has 146 valence electrons. The van der Waals surface area contributed by atoms with Crippen LogP contribution in [0.3, 0.4) is 0 Å². The molecule has 0 spiro atoms. The number of carbonyl (C=O) groups is 1. The second kappa shape index (κ2) is 7.42. The summed E-state index contributed by atoms with van der Waals surface area (Å²) in [5.41, 5.74) is 0.894. The van der Waals surface area contributed by atoms with Gasteiger partial charge in [-0.1, -0.05) is 38.1 Å². The highest BCUT2D eigenvalue weighted by Crippen LogP contribution is 2.21. The van der Waals surface area contributed by atoms with Crippen LogP contribution in [-0.2, 0) is 26.8 Å². The standard InChI is InChI=1S/C19H25N3O4S/c1-19(2,3)18-20-16(21-26-18)13-27(24,25)12-14-6-8-15(9-7-14)17(23)22-10-4-5-11-22/h6-9H,4-5,10-13H2,1-3H3. The fourth-order valence-corrected chi connectivity index (χ4v) is 4.28. The lowest BCUT2D eigenvalue weighted by Crippen LogP contribution is -2.27. The molecule has 8 heteroatoms. The van der Waals surface area contributed by atoms with Gasteiger partial charge >= 0.3 is 0 Å². The van der Waals surface area contributed by atoms with Crippen LogP contribution < -0.4 is 0 Å². The Morgan fingerprint density at radius 1 is 1.11 bits per heavy atom. The normalized spacial score (nSPS) is 15.3. The Morgan fingerprint density at radius 2 is 1.74 bits per heavy atom. The van der Waals surface area contributed by atoms with Crippen molar-refractivity contribution < 1.29 is 17.7 Å². The SMILES string of the molecule is CC(C)(C)c1nc(CS(=O)(=O)Cc2ccc(C(=O)N3CCCC3)cc2)no1. The van der Waals surface area contributed by atoms with Crippen LogP contribution in [0.4, 0.5) is 0 Å². The Bertz CT molecular complexity index is 905. The van der Waals surface area contributed by atoms with Gasteiger partial charge in [-0.3, -0.25) is 4.79 Å². The molecule has 0 bridgehead atoms. The summed E-state index contributed by atoms with van der Waals surface area (Å²) in [6, 6.07) is 6.77. The number of benzene rings is 1. The van der Waals surface area contributed by atoms with Crippen molar-refractivity contribution in [1.29, 1.82) is 0 Å². The highest BCUT2D eigenvalue weighted by molar-refractivity contribution is 7.89. The predicted molar refractivity (Wildman–Crippen MR) is 101 cm³/mol. The summed E-state index contributed by atoms with van der Waals surface area (Å²) < 4.78 is 30.1. The molecule has 2 aromatic rings. The van der Waals surface area contributed by atoms with E-state index in [-0.39, 0.29) is 28.7 Å². The van der Waals surface area contributed by atoms with Crippen LogP contribution in [0.1, 0.15) is 61.2 Å². The molecular weight excluding hydrogens is 366 g/mol. The van der Waals surface area contributed by atoms with Gasteiger partial charge in [-0.15, -0.1) is 0 Å². The Morgan fingerprint density at radius 3 is 2.30 bits per heavy atom. The van der Waals surface area contributed by atoms with E-state index >= 15 is 0 Å². The predicted octanol–water partition coefficient (Wildman–Crippen LogP) is 2.72. The molecule has 1 aliphatic heterocycles. The Hall–Kier alpha value is -2.22. The van der Waals surface area contributed by atoms with Gasteiger partial charge in [0.1, 0.15) is 5.75 Å². The summed E-state index contributed by atoms with van der Waals surface area (Å²) in [6.07, 6.45) is 2.07. The molecule has 1 aromatic heterocycles. The molecule has 27 heavy (non-hydrogen) atoms. The lowest BCUT2D eigenvalue weighted by molar-refractivity contribution is 0.0793. The van der Waals surface area contributed by atoms with Crippen LogP contribution in [0.25, 0.3) is 0 Å². The van der Waals surface area contributed by atoms with Crippen molar-refractivity contribution in [3.8, 4) is 0 Å². The minimum atomic E-state index is -3.45. The number of carbonyl (C=O) groups excluding carboxylic acids is 1. The van der Waals surface area contributed by atoms with Crippen LogP contribution in [0.5, 0.6) is 0 Å². The highest BCUT2D eigenvalue weighted by Gasteiger charge is 2.24. The van der Waals surface area contributed by atoms with E-state index in [4.69, 9.17) is 4.52 Å². The van der Waals surface area contributed by atoms with Gasteiger partial charge in [0, 0.05) is 24.1 Å². The summed E-state index contributed by atoms with van der Waals surface area (Å²) in [5, 5.41) is 3.78. The van der Waals surface area contributed by atoms with E-state index in [0.717, 1.165) is 25.9 Å². The van der Waals surface area contributed by atoms with E-state index in [2.05, 4.69) is 10.1 Å². The van der Waals surface area contributed by atoms with Crippen LogP contribution in [0, 0.1) is 0 Å². The van der Waals surface area contributed by atoms with E-state index < -0.39 is 9.84 Å². The summed E-state index contributed by atoms with van der Waals surface area (Å²) in [7, 11) is -3.45. The van der Waals surface area contributed by atoms with Gasteiger partial charge in [-0.2, -0.15) is 4.98 Å². The molecule has 1 saturated heterocycles. The molecule has 1 amide bonds. The average Bonchev–Trinajstić information content (AvgIpc) is 3.25. The minimum Gasteiger partial charge on any atom is -0.339 e. The third-order valence-electron chi connectivity index (χ3n) is 4.44. The first kappa shape index (κ1) is 19.5. The molecule has 2 heterocycles. The highest BCUT2D eigenvalue weighted by atomic mass is 32.2. The summed E-state index contributed by atoms with van der Waals surface area (Å²) in [5.74, 6) is 0.174. The molecular formula is C19H25N3O4S. The summed E-state index contributed by atoms with van der Waals surface area (Å²) in [6.45, 7) is 7.34. The molecule has 0 atom stereocenters. The molecule has 0 N–H and O–H groups in total. The first-order chi connectivity index (χ1) is 12.6. The van der Waals surface area contributed by atoms with Crippen molar-refractivity contribution >= 4 is 15.7 Å². The van der Waals surface area contributed by atoms with Crippen LogP contribution >= 0.6 is 0 Å². The van der Waals surface area contributed by atoms with Crippen molar-refractivity contribution in [2.75, 3.05) is 13.1 Å². The van der Waals surface area contributed by atoms with Gasteiger partial charge in [0.15, 0.2) is 15.7 Å². The van der Waals surface area contributed by atoms with Crippen LogP contribution in [0.15, 0.2) is 28.8 Å². The van der Waals surface area contributed by atoms with Gasteiger partial charge in [0.25, 0.3) is 5.91 Å². The maximum Gasteiger partial charge on any atom is 0.253 e. The molecule has 0 aliphatic carbocycles. The quantitative estimate of drug-likeness (QED) is 0.778. The van der Waals surface area contributed by atoms with Crippen molar-refractivity contribution in [3.05, 3.63) is 47.1 Å². The molecule has 1 fully saturated rings. The largest absolute Gasteiger partial charge is 0.339 e. The van der Waals surface area contributed by atoms with Gasteiger partial charge in [0.05, 0.1) is 5.75 Å². The number of likely N-dealkylation sites (tertiary alicyclic amines) is 1. The monoisotopic (exact) mass is 391 g/mol. The van der Waals surface area contributed by atoms with E-state index in [1.165, 1.54) is 0 Å². The number of aromatic nitrogens is 2. The fraction of sp³-hybridized carbons (Fsp3) is 0.526. The van der Waals surface area contributed by atoms with Crippen LogP contribution in [-0.4, -0.2) is 42.5 Å². The van der Waals surface area contributed by atoms with E-state index in [1.54, 1.807) is 24.3 Å². The minimum absolute atomic E-state index is 0.00316. The third-order valence-corrected chi connectivity index (χ3v) is 5.91. The van der Waals surface area contributed by atoms with Crippen LogP contribution in [0.2, 0.25) is 0 Å². The van der Waals surface area contributed by atoms with E-state index in [9.17, 15) is 13.2 Å². The Balaban J connectivity index is 1.65. The molecule has 1 aliphatic rings. The van der Waals surface area contributed by atoms with Crippen molar-refractivity contribution in [2.24, 2.45) is 0 Å². The Kier molecular flexibility index (Phi) is 5.37. The zero-order chi connectivity index (χ0) is 19.7. The zero-order valence-corrected chi connectivity index (χ0v) is 16.8. The molecule has 3 rings (SSSR count). The van der Waals surface area contributed by atoms with Gasteiger partial charge in [-0.25, -0.2) is 8.42 Å². The Labute approximate surface area is 159 Å². The summed E-state index contributed by atoms with van der Waals surface area (Å²) >= 11 is 0. The summed E-state index contributed by atoms with van der Waals surface area (Å²) in [4.78, 5) is 18.4. The fourth-order valence-electron chi connectivity index (χ4n) is 2.97. The molecule has 7 nitrogen and oxygen atoms in total. The first-order valence-corrected chi connectivity index (χ1v) is 10.9. The van der Waals surface area contributed by atoms with Gasteiger partial charge in [0.2, 0.25) is 5.89 Å². The lowest BCUT2D eigenvalue weighted by Gasteiger charge is -2.15. The van der Waals surface area contributed by atoms with E-state index in [1.807, 2.05) is 25.7 Å².